The number of hydrazone groups is 1. The third-order valence-corrected chi connectivity index (χ3v) is 6.98. The van der Waals surface area contributed by atoms with E-state index in [1.165, 1.54) is 22.3 Å². The lowest BCUT2D eigenvalue weighted by Gasteiger charge is -2.20. The fourth-order valence-corrected chi connectivity index (χ4v) is 5.16. The van der Waals surface area contributed by atoms with Gasteiger partial charge in [0.1, 0.15) is 5.04 Å². The van der Waals surface area contributed by atoms with E-state index in [1.54, 1.807) is 6.08 Å². The van der Waals surface area contributed by atoms with Crippen LogP contribution in [0.5, 0.6) is 0 Å². The number of benzene rings is 2. The first-order chi connectivity index (χ1) is 16.4. The lowest BCUT2D eigenvalue weighted by Crippen LogP contribution is -2.35. The van der Waals surface area contributed by atoms with E-state index in [-0.39, 0.29) is 11.4 Å². The maximum absolute atomic E-state index is 12.9. The molecule has 0 atom stereocenters. The summed E-state index contributed by atoms with van der Waals surface area (Å²) in [5.74, 6) is -0.348. The molecule has 170 valence electrons. The van der Waals surface area contributed by atoms with Crippen molar-refractivity contribution in [1.29, 1.82) is 5.41 Å². The minimum atomic E-state index is -0.406. The third-order valence-electron chi connectivity index (χ3n) is 6.07. The molecular formula is C27H25N5OS. The first-order valence-corrected chi connectivity index (χ1v) is 12.1. The summed E-state index contributed by atoms with van der Waals surface area (Å²) in [6, 6.07) is 20.6. The Morgan fingerprint density at radius 2 is 1.76 bits per heavy atom. The zero-order valence-electron chi connectivity index (χ0n) is 19.4. The Morgan fingerprint density at radius 1 is 1.03 bits per heavy atom. The topological polar surface area (TPSA) is 73.8 Å². The molecule has 0 fully saturated rings. The molecule has 7 heteroatoms. The Morgan fingerprint density at radius 3 is 2.47 bits per heavy atom. The van der Waals surface area contributed by atoms with Crippen molar-refractivity contribution >= 4 is 39.8 Å². The van der Waals surface area contributed by atoms with Gasteiger partial charge in [-0.05, 0) is 73.0 Å². The zero-order valence-corrected chi connectivity index (χ0v) is 20.2. The number of rotatable bonds is 5. The molecule has 2 aromatic carbocycles. The van der Waals surface area contributed by atoms with Gasteiger partial charge in [-0.15, -0.1) is 0 Å². The number of aryl methyl sites for hydroxylation is 2. The predicted octanol–water partition coefficient (Wildman–Crippen LogP) is 5.52. The molecule has 3 aromatic rings. The van der Waals surface area contributed by atoms with Crippen LogP contribution in [0, 0.1) is 19.3 Å². The quantitative estimate of drug-likeness (QED) is 0.502. The molecule has 6 nitrogen and oxygen atoms in total. The molecule has 0 spiro atoms. The van der Waals surface area contributed by atoms with Gasteiger partial charge in [0.25, 0.3) is 5.91 Å². The highest BCUT2D eigenvalue weighted by molar-refractivity contribution is 8.26. The monoisotopic (exact) mass is 467 g/mol. The molecule has 3 heterocycles. The molecule has 5 rings (SSSR count). The van der Waals surface area contributed by atoms with Gasteiger partial charge in [0, 0.05) is 23.5 Å². The first kappa shape index (κ1) is 22.1. The maximum atomic E-state index is 12.9. The van der Waals surface area contributed by atoms with Crippen LogP contribution in [0.2, 0.25) is 0 Å². The molecule has 0 unspecified atom stereocenters. The molecule has 0 bridgehead atoms. The van der Waals surface area contributed by atoms with E-state index in [0.29, 0.717) is 11.6 Å². The van der Waals surface area contributed by atoms with Gasteiger partial charge in [0.15, 0.2) is 5.84 Å². The fourth-order valence-electron chi connectivity index (χ4n) is 4.24. The van der Waals surface area contributed by atoms with Gasteiger partial charge < -0.3 is 4.57 Å². The van der Waals surface area contributed by atoms with Crippen molar-refractivity contribution in [1.82, 2.24) is 9.58 Å². The number of carbonyl (C=O) groups excluding carboxylic acids is 1. The van der Waals surface area contributed by atoms with E-state index >= 15 is 0 Å². The van der Waals surface area contributed by atoms with Gasteiger partial charge in [-0.2, -0.15) is 15.1 Å². The van der Waals surface area contributed by atoms with Crippen LogP contribution >= 0.6 is 11.8 Å². The Kier molecular flexibility index (Phi) is 5.79. The van der Waals surface area contributed by atoms with Crippen LogP contribution in [0.25, 0.3) is 11.8 Å². The molecule has 0 saturated carbocycles. The summed E-state index contributed by atoms with van der Waals surface area (Å²) in [5.41, 5.74) is 6.70. The molecule has 0 aliphatic carbocycles. The lowest BCUT2D eigenvalue weighted by atomic mass is 10.1. The second-order valence-corrected chi connectivity index (χ2v) is 9.40. The summed E-state index contributed by atoms with van der Waals surface area (Å²) in [4.78, 5) is 17.1. The number of amides is 1. The Bertz CT molecular complexity index is 1380. The number of amidine groups is 2. The molecule has 2 aliphatic heterocycles. The summed E-state index contributed by atoms with van der Waals surface area (Å²) < 4.78 is 2.17. The van der Waals surface area contributed by atoms with Crippen LogP contribution in [0.4, 0.5) is 0 Å². The molecule has 1 amide bonds. The predicted molar refractivity (Wildman–Crippen MR) is 140 cm³/mol. The van der Waals surface area contributed by atoms with Crippen molar-refractivity contribution in [2.45, 2.75) is 33.6 Å². The summed E-state index contributed by atoms with van der Waals surface area (Å²) >= 11 is 1.35. The van der Waals surface area contributed by atoms with Crippen molar-refractivity contribution in [3.8, 4) is 5.69 Å². The third kappa shape index (κ3) is 4.03. The Hall–Kier alpha value is -3.71. The van der Waals surface area contributed by atoms with Crippen LogP contribution in [0.1, 0.15) is 35.0 Å². The lowest BCUT2D eigenvalue weighted by molar-refractivity contribution is -0.114. The van der Waals surface area contributed by atoms with Crippen LogP contribution < -0.4 is 0 Å². The standard InChI is InChI=1S/C27H25N5OS/c1-4-19-10-12-22(13-11-19)31-17(2)14-21(18(31)3)16-23-25(28)32-27(29-26(23)33)34-24(30-32)15-20-8-6-5-7-9-20/h5-14,16,28H,4,15H2,1-3H3/b23-16-,28-25?. The summed E-state index contributed by atoms with van der Waals surface area (Å²) in [7, 11) is 0. The van der Waals surface area contributed by atoms with Gasteiger partial charge in [-0.25, -0.2) is 0 Å². The van der Waals surface area contributed by atoms with E-state index in [2.05, 4.69) is 45.9 Å². The minimum Gasteiger partial charge on any atom is -0.318 e. The van der Waals surface area contributed by atoms with Crippen LogP contribution in [-0.2, 0) is 17.6 Å². The molecular weight excluding hydrogens is 442 g/mol. The highest BCUT2D eigenvalue weighted by Crippen LogP contribution is 2.31. The van der Waals surface area contributed by atoms with E-state index in [9.17, 15) is 4.79 Å². The smallest absolute Gasteiger partial charge is 0.283 e. The largest absolute Gasteiger partial charge is 0.318 e. The Labute approximate surface area is 203 Å². The summed E-state index contributed by atoms with van der Waals surface area (Å²) in [5, 5.41) is 16.0. The summed E-state index contributed by atoms with van der Waals surface area (Å²) in [6.45, 7) is 6.22. The molecule has 1 aromatic heterocycles. The highest BCUT2D eigenvalue weighted by atomic mass is 32.2. The van der Waals surface area contributed by atoms with Gasteiger partial charge in [0.05, 0.1) is 5.57 Å². The van der Waals surface area contributed by atoms with Crippen LogP contribution in [0.15, 0.2) is 76.3 Å². The number of carbonyl (C=O) groups is 1. The van der Waals surface area contributed by atoms with E-state index in [1.807, 2.05) is 50.2 Å². The minimum absolute atomic E-state index is 0.0580. The summed E-state index contributed by atoms with van der Waals surface area (Å²) in [6.07, 6.45) is 3.40. The van der Waals surface area contributed by atoms with Crippen LogP contribution in [0.3, 0.4) is 0 Å². The normalized spacial score (nSPS) is 16.7. The number of fused-ring (bicyclic) bond motifs is 1. The average molecular weight is 468 g/mol. The molecule has 2 aliphatic rings. The number of hydrogen-bond acceptors (Lipinski definition) is 4. The molecule has 34 heavy (non-hydrogen) atoms. The number of hydrogen-bond donors (Lipinski definition) is 1. The average Bonchev–Trinajstić information content (AvgIpc) is 3.36. The van der Waals surface area contributed by atoms with E-state index in [4.69, 9.17) is 5.41 Å². The zero-order chi connectivity index (χ0) is 23.8. The second kappa shape index (κ2) is 8.91. The van der Waals surface area contributed by atoms with Crippen LogP contribution in [-0.4, -0.2) is 31.5 Å². The number of aromatic nitrogens is 1. The molecule has 0 radical (unpaired) electrons. The first-order valence-electron chi connectivity index (χ1n) is 11.3. The van der Waals surface area contributed by atoms with E-state index < -0.39 is 5.91 Å². The van der Waals surface area contributed by atoms with Gasteiger partial charge in [-0.3, -0.25) is 10.2 Å². The number of nitrogens with zero attached hydrogens (tertiary/aromatic N) is 4. The van der Waals surface area contributed by atoms with Crippen molar-refractivity contribution in [2.75, 3.05) is 0 Å². The molecule has 0 saturated heterocycles. The second-order valence-electron chi connectivity index (χ2n) is 8.36. The van der Waals surface area contributed by atoms with Crippen molar-refractivity contribution in [2.24, 2.45) is 10.1 Å². The fraction of sp³-hybridized carbons (Fsp3) is 0.185. The van der Waals surface area contributed by atoms with Crippen molar-refractivity contribution in [3.05, 3.63) is 94.3 Å². The SMILES string of the molecule is CCc1ccc(-n2c(C)cc(/C=C3/C(=N)N4N=C(Cc5ccccc5)SC4=NC3=O)c2C)cc1. The van der Waals surface area contributed by atoms with Crippen molar-refractivity contribution in [3.63, 3.8) is 0 Å². The number of thioether (sulfide) groups is 1. The highest BCUT2D eigenvalue weighted by Gasteiger charge is 2.35. The van der Waals surface area contributed by atoms with Gasteiger partial charge >= 0.3 is 0 Å². The molecule has 1 N–H and O–H groups in total. The number of aliphatic imine (C=N–C) groups is 1. The van der Waals surface area contributed by atoms with Gasteiger partial charge in [-0.1, -0.05) is 49.4 Å². The van der Waals surface area contributed by atoms with Crippen molar-refractivity contribution < 1.29 is 4.79 Å². The Balaban J connectivity index is 1.45. The number of nitrogens with one attached hydrogen (secondary N) is 1. The van der Waals surface area contributed by atoms with Gasteiger partial charge in [0.2, 0.25) is 5.17 Å². The maximum Gasteiger partial charge on any atom is 0.283 e. The van der Waals surface area contributed by atoms with E-state index in [0.717, 1.165) is 39.7 Å².